The number of rotatable bonds is 5. The second-order valence-electron chi connectivity index (χ2n) is 6.20. The fraction of sp³-hybridized carbons (Fsp3) is 0.368. The predicted octanol–water partition coefficient (Wildman–Crippen LogP) is 2.77. The normalized spacial score (nSPS) is 15.2. The molecule has 2 heterocycles. The molecule has 0 atom stereocenters. The Morgan fingerprint density at radius 1 is 1.16 bits per heavy atom. The van der Waals surface area contributed by atoms with E-state index < -0.39 is 0 Å². The summed E-state index contributed by atoms with van der Waals surface area (Å²) < 4.78 is 18.7. The van der Waals surface area contributed by atoms with E-state index in [1.807, 2.05) is 0 Å². The number of hydrogen-bond acceptors (Lipinski definition) is 3. The third-order valence-electron chi connectivity index (χ3n) is 4.49. The van der Waals surface area contributed by atoms with Crippen LogP contribution in [0.15, 0.2) is 47.1 Å². The average Bonchev–Trinajstić information content (AvgIpc) is 3.16. The molecule has 1 aromatic heterocycles. The van der Waals surface area contributed by atoms with Gasteiger partial charge in [0.25, 0.3) is 5.91 Å². The zero-order valence-electron chi connectivity index (χ0n) is 13.9. The molecule has 3 rings (SSSR count). The summed E-state index contributed by atoms with van der Waals surface area (Å²) in [5.41, 5.74) is 0.566. The molecule has 0 aliphatic carbocycles. The van der Waals surface area contributed by atoms with Crippen LogP contribution in [-0.4, -0.2) is 35.8 Å². The largest absolute Gasteiger partial charge is 0.459 e. The summed E-state index contributed by atoms with van der Waals surface area (Å²) in [6.45, 7) is 1.19. The van der Waals surface area contributed by atoms with Crippen molar-refractivity contribution < 1.29 is 18.4 Å². The fourth-order valence-electron chi connectivity index (χ4n) is 3.04. The molecular formula is C19H21FN2O3. The van der Waals surface area contributed by atoms with Crippen LogP contribution >= 0.6 is 0 Å². The van der Waals surface area contributed by atoms with Gasteiger partial charge in [-0.3, -0.25) is 9.59 Å². The summed E-state index contributed by atoms with van der Waals surface area (Å²) in [6, 6.07) is 9.86. The Kier molecular flexibility index (Phi) is 5.48. The van der Waals surface area contributed by atoms with Gasteiger partial charge in [0.1, 0.15) is 5.82 Å². The number of hydrogen-bond donors (Lipinski definition) is 1. The van der Waals surface area contributed by atoms with Crippen molar-refractivity contribution in [1.82, 2.24) is 10.2 Å². The maximum atomic E-state index is 13.6. The van der Waals surface area contributed by atoms with E-state index in [-0.39, 0.29) is 23.7 Å². The SMILES string of the molecule is O=C(NC1CCN(C(=O)CCc2ccccc2F)CC1)c1ccco1. The van der Waals surface area contributed by atoms with Gasteiger partial charge in [0.2, 0.25) is 5.91 Å². The molecule has 1 aliphatic heterocycles. The molecule has 6 heteroatoms. The van der Waals surface area contributed by atoms with Gasteiger partial charge in [-0.2, -0.15) is 0 Å². The Bertz CT molecular complexity index is 722. The summed E-state index contributed by atoms with van der Waals surface area (Å²) in [5.74, 6) is -0.175. The van der Waals surface area contributed by atoms with E-state index in [4.69, 9.17) is 4.42 Å². The highest BCUT2D eigenvalue weighted by atomic mass is 19.1. The molecule has 2 aromatic rings. The molecule has 5 nitrogen and oxygen atoms in total. The molecule has 1 N–H and O–H groups in total. The minimum Gasteiger partial charge on any atom is -0.459 e. The summed E-state index contributed by atoms with van der Waals surface area (Å²) in [4.78, 5) is 26.0. The molecule has 1 aliphatic rings. The average molecular weight is 344 g/mol. The Labute approximate surface area is 145 Å². The second-order valence-corrected chi connectivity index (χ2v) is 6.20. The minimum atomic E-state index is -0.269. The number of furan rings is 1. The van der Waals surface area contributed by atoms with Crippen molar-refractivity contribution in [3.8, 4) is 0 Å². The van der Waals surface area contributed by atoms with Gasteiger partial charge >= 0.3 is 0 Å². The topological polar surface area (TPSA) is 62.6 Å². The standard InChI is InChI=1S/C19H21FN2O3/c20-16-5-2-1-4-14(16)7-8-18(23)22-11-9-15(10-12-22)21-19(24)17-6-3-13-25-17/h1-6,13,15H,7-12H2,(H,21,24). The number of nitrogens with one attached hydrogen (secondary N) is 1. The lowest BCUT2D eigenvalue weighted by molar-refractivity contribution is -0.132. The zero-order chi connectivity index (χ0) is 17.6. The van der Waals surface area contributed by atoms with Crippen molar-refractivity contribution in [2.75, 3.05) is 13.1 Å². The number of nitrogens with zero attached hydrogens (tertiary/aromatic N) is 1. The van der Waals surface area contributed by atoms with Crippen LogP contribution in [-0.2, 0) is 11.2 Å². The number of benzene rings is 1. The van der Waals surface area contributed by atoms with Crippen molar-refractivity contribution in [2.24, 2.45) is 0 Å². The minimum absolute atomic E-state index is 0.0269. The van der Waals surface area contributed by atoms with Crippen LogP contribution in [0.4, 0.5) is 4.39 Å². The summed E-state index contributed by atoms with van der Waals surface area (Å²) in [7, 11) is 0. The molecule has 1 fully saturated rings. The fourth-order valence-corrected chi connectivity index (χ4v) is 3.04. The zero-order valence-corrected chi connectivity index (χ0v) is 13.9. The van der Waals surface area contributed by atoms with Crippen LogP contribution in [0, 0.1) is 5.82 Å². The molecule has 0 radical (unpaired) electrons. The third kappa shape index (κ3) is 4.47. The monoisotopic (exact) mass is 344 g/mol. The third-order valence-corrected chi connectivity index (χ3v) is 4.49. The smallest absolute Gasteiger partial charge is 0.287 e. The van der Waals surface area contributed by atoms with Crippen LogP contribution in [0.3, 0.4) is 0 Å². The molecule has 0 unspecified atom stereocenters. The van der Waals surface area contributed by atoms with Gasteiger partial charge in [-0.05, 0) is 43.0 Å². The predicted molar refractivity (Wildman–Crippen MR) is 90.5 cm³/mol. The summed E-state index contributed by atoms with van der Waals surface area (Å²) >= 11 is 0. The lowest BCUT2D eigenvalue weighted by atomic mass is 10.0. The van der Waals surface area contributed by atoms with Crippen molar-refractivity contribution >= 4 is 11.8 Å². The quantitative estimate of drug-likeness (QED) is 0.907. The van der Waals surface area contributed by atoms with Crippen molar-refractivity contribution in [3.05, 3.63) is 59.8 Å². The van der Waals surface area contributed by atoms with Gasteiger partial charge in [-0.15, -0.1) is 0 Å². The van der Waals surface area contributed by atoms with E-state index in [0.29, 0.717) is 50.1 Å². The highest BCUT2D eigenvalue weighted by Gasteiger charge is 2.24. The van der Waals surface area contributed by atoms with E-state index in [0.717, 1.165) is 0 Å². The first-order valence-electron chi connectivity index (χ1n) is 8.49. The Hall–Kier alpha value is -2.63. The van der Waals surface area contributed by atoms with E-state index in [2.05, 4.69) is 5.32 Å². The van der Waals surface area contributed by atoms with Gasteiger partial charge in [0.15, 0.2) is 5.76 Å². The van der Waals surface area contributed by atoms with E-state index in [9.17, 15) is 14.0 Å². The lowest BCUT2D eigenvalue weighted by Crippen LogP contribution is -2.46. The van der Waals surface area contributed by atoms with Gasteiger partial charge in [0, 0.05) is 25.6 Å². The molecular weight excluding hydrogens is 323 g/mol. The van der Waals surface area contributed by atoms with Crippen molar-refractivity contribution in [3.63, 3.8) is 0 Å². The van der Waals surface area contributed by atoms with Crippen LogP contribution in [0.5, 0.6) is 0 Å². The number of amides is 2. The maximum absolute atomic E-state index is 13.6. The van der Waals surface area contributed by atoms with E-state index >= 15 is 0 Å². The molecule has 0 saturated carbocycles. The van der Waals surface area contributed by atoms with E-state index in [1.54, 1.807) is 35.2 Å². The van der Waals surface area contributed by atoms with Crippen LogP contribution in [0.2, 0.25) is 0 Å². The van der Waals surface area contributed by atoms with Crippen LogP contribution in [0.1, 0.15) is 35.4 Å². The Morgan fingerprint density at radius 2 is 1.92 bits per heavy atom. The highest BCUT2D eigenvalue weighted by molar-refractivity contribution is 5.91. The highest BCUT2D eigenvalue weighted by Crippen LogP contribution is 2.15. The number of aryl methyl sites for hydroxylation is 1. The van der Waals surface area contributed by atoms with Gasteiger partial charge in [-0.25, -0.2) is 4.39 Å². The molecule has 2 amide bonds. The van der Waals surface area contributed by atoms with Gasteiger partial charge in [-0.1, -0.05) is 18.2 Å². The Morgan fingerprint density at radius 3 is 2.60 bits per heavy atom. The number of carbonyl (C=O) groups is 2. The molecule has 0 bridgehead atoms. The molecule has 1 aromatic carbocycles. The van der Waals surface area contributed by atoms with Crippen molar-refractivity contribution in [1.29, 1.82) is 0 Å². The number of carbonyl (C=O) groups excluding carboxylic acids is 2. The summed E-state index contributed by atoms with van der Waals surface area (Å²) in [5, 5.41) is 2.93. The lowest BCUT2D eigenvalue weighted by Gasteiger charge is -2.32. The number of piperidine rings is 1. The maximum Gasteiger partial charge on any atom is 0.287 e. The summed E-state index contributed by atoms with van der Waals surface area (Å²) in [6.07, 6.45) is 3.58. The molecule has 132 valence electrons. The Balaban J connectivity index is 1.43. The molecule has 25 heavy (non-hydrogen) atoms. The first kappa shape index (κ1) is 17.2. The van der Waals surface area contributed by atoms with E-state index in [1.165, 1.54) is 12.3 Å². The number of likely N-dealkylation sites (tertiary alicyclic amines) is 1. The first-order valence-corrected chi connectivity index (χ1v) is 8.49. The molecule has 1 saturated heterocycles. The van der Waals surface area contributed by atoms with Gasteiger partial charge in [0.05, 0.1) is 6.26 Å². The van der Waals surface area contributed by atoms with Gasteiger partial charge < -0.3 is 14.6 Å². The van der Waals surface area contributed by atoms with Crippen LogP contribution < -0.4 is 5.32 Å². The second kappa shape index (κ2) is 7.96. The van der Waals surface area contributed by atoms with Crippen LogP contribution in [0.25, 0.3) is 0 Å². The first-order chi connectivity index (χ1) is 12.1. The number of halogens is 1. The van der Waals surface area contributed by atoms with Crippen molar-refractivity contribution in [2.45, 2.75) is 31.7 Å². The molecule has 0 spiro atoms.